The second-order valence-electron chi connectivity index (χ2n) is 3.18. The topological polar surface area (TPSA) is 17.1 Å². The van der Waals surface area contributed by atoms with Gasteiger partial charge in [0, 0.05) is 23.3 Å². The first-order chi connectivity index (χ1) is 7.95. The summed E-state index contributed by atoms with van der Waals surface area (Å²) >= 11 is 3.97. The molecule has 0 heterocycles. The van der Waals surface area contributed by atoms with Crippen molar-refractivity contribution < 1.29 is 18.0 Å². The minimum Gasteiger partial charge on any atom is -0.284 e. The van der Waals surface area contributed by atoms with Gasteiger partial charge in [0.05, 0.1) is 0 Å². The highest BCUT2D eigenvalue weighted by Crippen LogP contribution is 2.21. The largest absolute Gasteiger partial charge is 0.454 e. The van der Waals surface area contributed by atoms with E-state index in [4.69, 9.17) is 0 Å². The summed E-state index contributed by atoms with van der Waals surface area (Å²) in [5, 5.41) is 0. The fourth-order valence-electron chi connectivity index (χ4n) is 1.09. The number of thiol groups is 1. The molecule has 0 aliphatic carbocycles. The van der Waals surface area contributed by atoms with E-state index in [1.54, 1.807) is 0 Å². The fourth-order valence-corrected chi connectivity index (χ4v) is 1.20. The molecule has 0 radical (unpaired) electrons. The number of rotatable bonds is 2. The average Bonchev–Trinajstić information content (AvgIpc) is 2.28. The number of Topliss-reactive ketones (excluding diaryl/α,β-unsaturated/α-hetero) is 1. The SMILES string of the molecule is O=C(c1ccc(C#CCCS)cc1)C(F)(F)F. The number of ketones is 1. The van der Waals surface area contributed by atoms with Gasteiger partial charge in [0.25, 0.3) is 5.78 Å². The van der Waals surface area contributed by atoms with Gasteiger partial charge in [0.1, 0.15) is 0 Å². The number of benzene rings is 1. The van der Waals surface area contributed by atoms with Crippen molar-refractivity contribution >= 4 is 18.4 Å². The molecule has 1 nitrogen and oxygen atoms in total. The van der Waals surface area contributed by atoms with Gasteiger partial charge >= 0.3 is 6.18 Å². The summed E-state index contributed by atoms with van der Waals surface area (Å²) in [4.78, 5) is 10.9. The van der Waals surface area contributed by atoms with Crippen LogP contribution in [0.15, 0.2) is 24.3 Å². The molecule has 0 amide bonds. The first-order valence-electron chi connectivity index (χ1n) is 4.76. The molecule has 1 aromatic carbocycles. The molecular formula is C12H9F3OS. The van der Waals surface area contributed by atoms with Gasteiger partial charge in [-0.15, -0.1) is 0 Å². The van der Waals surface area contributed by atoms with Crippen molar-refractivity contribution in [2.75, 3.05) is 5.75 Å². The molecule has 0 fully saturated rings. The van der Waals surface area contributed by atoms with Gasteiger partial charge in [-0.05, 0) is 24.3 Å². The lowest BCUT2D eigenvalue weighted by atomic mass is 10.1. The van der Waals surface area contributed by atoms with Gasteiger partial charge < -0.3 is 0 Å². The number of alkyl halides is 3. The lowest BCUT2D eigenvalue weighted by molar-refractivity contribution is -0.0885. The molecule has 0 aliphatic rings. The van der Waals surface area contributed by atoms with E-state index in [-0.39, 0.29) is 5.56 Å². The van der Waals surface area contributed by atoms with Crippen LogP contribution in [0.5, 0.6) is 0 Å². The van der Waals surface area contributed by atoms with Gasteiger partial charge in [0.15, 0.2) is 0 Å². The van der Waals surface area contributed by atoms with Crippen molar-refractivity contribution in [3.63, 3.8) is 0 Å². The summed E-state index contributed by atoms with van der Waals surface area (Å²) < 4.78 is 36.3. The van der Waals surface area contributed by atoms with Gasteiger partial charge in [-0.1, -0.05) is 11.8 Å². The van der Waals surface area contributed by atoms with Crippen molar-refractivity contribution in [3.05, 3.63) is 35.4 Å². The third kappa shape index (κ3) is 4.16. The minimum atomic E-state index is -4.83. The second-order valence-corrected chi connectivity index (χ2v) is 3.63. The van der Waals surface area contributed by atoms with Crippen LogP contribution in [-0.4, -0.2) is 17.7 Å². The quantitative estimate of drug-likeness (QED) is 0.490. The normalized spacial score (nSPS) is 10.6. The van der Waals surface area contributed by atoms with E-state index < -0.39 is 12.0 Å². The Bertz CT molecular complexity index is 451. The summed E-state index contributed by atoms with van der Waals surface area (Å²) in [5.41, 5.74) is 0.197. The Morgan fingerprint density at radius 1 is 1.24 bits per heavy atom. The molecule has 0 bridgehead atoms. The number of halogens is 3. The van der Waals surface area contributed by atoms with Crippen LogP contribution in [0, 0.1) is 11.8 Å². The molecule has 0 aromatic heterocycles. The molecule has 17 heavy (non-hydrogen) atoms. The van der Waals surface area contributed by atoms with E-state index in [2.05, 4.69) is 24.5 Å². The molecule has 0 unspecified atom stereocenters. The Hall–Kier alpha value is -1.41. The van der Waals surface area contributed by atoms with Crippen LogP contribution >= 0.6 is 12.6 Å². The first-order valence-corrected chi connectivity index (χ1v) is 5.39. The Kier molecular flexibility index (Phi) is 4.64. The number of carbonyl (C=O) groups is 1. The van der Waals surface area contributed by atoms with Crippen LogP contribution in [-0.2, 0) is 0 Å². The van der Waals surface area contributed by atoms with Crippen LogP contribution in [0.2, 0.25) is 0 Å². The Labute approximate surface area is 102 Å². The summed E-state index contributed by atoms with van der Waals surface area (Å²) in [5.74, 6) is 4.34. The highest BCUT2D eigenvalue weighted by molar-refractivity contribution is 7.80. The molecule has 0 saturated heterocycles. The first kappa shape index (κ1) is 13.7. The van der Waals surface area contributed by atoms with Crippen LogP contribution in [0.4, 0.5) is 13.2 Å². The third-order valence-electron chi connectivity index (χ3n) is 1.87. The Balaban J connectivity index is 2.83. The van der Waals surface area contributed by atoms with Gasteiger partial charge in [0.2, 0.25) is 0 Å². The third-order valence-corrected chi connectivity index (χ3v) is 2.10. The maximum Gasteiger partial charge on any atom is 0.454 e. The molecule has 0 saturated carbocycles. The van der Waals surface area contributed by atoms with Crippen LogP contribution < -0.4 is 0 Å². The molecular weight excluding hydrogens is 249 g/mol. The van der Waals surface area contributed by atoms with E-state index in [9.17, 15) is 18.0 Å². The zero-order valence-electron chi connectivity index (χ0n) is 8.71. The van der Waals surface area contributed by atoms with Gasteiger partial charge in [-0.25, -0.2) is 0 Å². The van der Waals surface area contributed by atoms with Crippen molar-refractivity contribution in [1.82, 2.24) is 0 Å². The van der Waals surface area contributed by atoms with E-state index in [0.29, 0.717) is 17.7 Å². The molecule has 0 atom stereocenters. The van der Waals surface area contributed by atoms with Crippen molar-refractivity contribution in [2.24, 2.45) is 0 Å². The van der Waals surface area contributed by atoms with Gasteiger partial charge in [-0.2, -0.15) is 25.8 Å². The van der Waals surface area contributed by atoms with Gasteiger partial charge in [-0.3, -0.25) is 4.79 Å². The summed E-state index contributed by atoms with van der Waals surface area (Å²) in [6, 6.07) is 5.04. The lowest BCUT2D eigenvalue weighted by Gasteiger charge is -2.04. The smallest absolute Gasteiger partial charge is 0.284 e. The molecule has 5 heteroatoms. The monoisotopic (exact) mass is 258 g/mol. The fraction of sp³-hybridized carbons (Fsp3) is 0.250. The van der Waals surface area contributed by atoms with E-state index in [1.807, 2.05) is 0 Å². The molecule has 1 rings (SSSR count). The number of hydrogen-bond donors (Lipinski definition) is 1. The molecule has 90 valence electrons. The van der Waals surface area contributed by atoms with E-state index >= 15 is 0 Å². The zero-order chi connectivity index (χ0) is 12.9. The van der Waals surface area contributed by atoms with E-state index in [1.165, 1.54) is 12.1 Å². The Morgan fingerprint density at radius 3 is 2.29 bits per heavy atom. The standard InChI is InChI=1S/C12H9F3OS/c13-12(14,15)11(16)10-6-4-9(5-7-10)3-1-2-8-17/h4-7,17H,2,8H2. The predicted molar refractivity (Wildman–Crippen MR) is 62.2 cm³/mol. The summed E-state index contributed by atoms with van der Waals surface area (Å²) in [6.07, 6.45) is -4.23. The van der Waals surface area contributed by atoms with E-state index in [0.717, 1.165) is 12.1 Å². The highest BCUT2D eigenvalue weighted by Gasteiger charge is 2.38. The molecule has 1 aromatic rings. The summed E-state index contributed by atoms with van der Waals surface area (Å²) in [6.45, 7) is 0. The molecule has 0 spiro atoms. The predicted octanol–water partition coefficient (Wildman–Crippen LogP) is 3.10. The number of hydrogen-bond acceptors (Lipinski definition) is 2. The molecule has 0 N–H and O–H groups in total. The zero-order valence-corrected chi connectivity index (χ0v) is 9.61. The average molecular weight is 258 g/mol. The second kappa shape index (κ2) is 5.78. The Morgan fingerprint density at radius 2 is 1.82 bits per heavy atom. The van der Waals surface area contributed by atoms with Crippen LogP contribution in [0.1, 0.15) is 22.3 Å². The number of carbonyl (C=O) groups excluding carboxylic acids is 1. The maximum atomic E-state index is 12.1. The van der Waals surface area contributed by atoms with Crippen molar-refractivity contribution in [3.8, 4) is 11.8 Å². The van der Waals surface area contributed by atoms with Crippen LogP contribution in [0.3, 0.4) is 0 Å². The van der Waals surface area contributed by atoms with Crippen molar-refractivity contribution in [2.45, 2.75) is 12.6 Å². The van der Waals surface area contributed by atoms with Crippen LogP contribution in [0.25, 0.3) is 0 Å². The minimum absolute atomic E-state index is 0.378. The lowest BCUT2D eigenvalue weighted by Crippen LogP contribution is -2.22. The molecule has 0 aliphatic heterocycles. The highest BCUT2D eigenvalue weighted by atomic mass is 32.1. The summed E-state index contributed by atoms with van der Waals surface area (Å²) in [7, 11) is 0. The van der Waals surface area contributed by atoms with Crippen molar-refractivity contribution in [1.29, 1.82) is 0 Å². The maximum absolute atomic E-state index is 12.1.